The van der Waals surface area contributed by atoms with Gasteiger partial charge in [-0.05, 0) is 13.8 Å². The Morgan fingerprint density at radius 1 is 1.00 bits per heavy atom. The lowest BCUT2D eigenvalue weighted by Crippen LogP contribution is -1.26. The van der Waals surface area contributed by atoms with Crippen molar-refractivity contribution in [3.63, 3.8) is 0 Å². The van der Waals surface area contributed by atoms with E-state index in [1.165, 1.54) is 0 Å². The van der Waals surface area contributed by atoms with E-state index in [4.69, 9.17) is 0 Å². The predicted octanol–water partition coefficient (Wildman–Crippen LogP) is 0.758. The van der Waals surface area contributed by atoms with Gasteiger partial charge >= 0.3 is 0 Å². The highest BCUT2D eigenvalue weighted by molar-refractivity contribution is 4.68. The van der Waals surface area contributed by atoms with Crippen molar-refractivity contribution in [3.05, 3.63) is 12.2 Å². The first-order chi connectivity index (χ1) is 1.91. The topological polar surface area (TPSA) is 31.5 Å². The van der Waals surface area contributed by atoms with E-state index in [0.29, 0.717) is 0 Å². The van der Waals surface area contributed by atoms with E-state index in [1.54, 1.807) is 0 Å². The van der Waals surface area contributed by atoms with E-state index in [-0.39, 0.29) is 5.48 Å². The molecule has 0 unspecified atom stereocenters. The molecule has 1 nitrogen and oxygen atoms in total. The fraction of sp³-hybridized carbons (Fsp3) is 0.500. The van der Waals surface area contributed by atoms with Crippen LogP contribution in [0.25, 0.3) is 0 Å². The van der Waals surface area contributed by atoms with Crippen molar-refractivity contribution in [1.29, 1.82) is 0 Å². The molecule has 0 atom stereocenters. The minimum atomic E-state index is 0. The Hall–Kier alpha value is -0.300. The van der Waals surface area contributed by atoms with Crippen LogP contribution in [-0.2, 0) is 0 Å². The minimum Gasteiger partial charge on any atom is -0.412 e. The molecule has 0 fully saturated rings. The van der Waals surface area contributed by atoms with E-state index in [1.807, 2.05) is 26.0 Å². The van der Waals surface area contributed by atoms with Crippen LogP contribution in [0.2, 0.25) is 0 Å². The zero-order chi connectivity index (χ0) is 3.41. The van der Waals surface area contributed by atoms with Crippen LogP contribution >= 0.6 is 0 Å². The highest BCUT2D eigenvalue weighted by atomic mass is 16.0. The number of rotatable bonds is 0. The largest absolute Gasteiger partial charge is 0.412 e. The SMILES string of the molecule is CC=CC.O. The first-order valence-electron chi connectivity index (χ1n) is 1.49. The van der Waals surface area contributed by atoms with Crippen molar-refractivity contribution in [2.75, 3.05) is 0 Å². The lowest BCUT2D eigenvalue weighted by Gasteiger charge is -1.49. The highest BCUT2D eigenvalue weighted by Crippen LogP contribution is 1.57. The van der Waals surface area contributed by atoms with Gasteiger partial charge in [-0.15, -0.1) is 0 Å². The molecule has 0 aliphatic rings. The predicted molar refractivity (Wildman–Crippen MR) is 24.1 cm³/mol. The Bertz CT molecular complexity index is 18.8. The summed E-state index contributed by atoms with van der Waals surface area (Å²) < 4.78 is 0. The molecule has 0 aliphatic heterocycles. The molecule has 32 valence electrons. The van der Waals surface area contributed by atoms with Crippen molar-refractivity contribution in [2.45, 2.75) is 13.8 Å². The minimum absolute atomic E-state index is 0. The number of hydrogen-bond acceptors (Lipinski definition) is 0. The second-order valence-corrected chi connectivity index (χ2v) is 0.667. The lowest BCUT2D eigenvalue weighted by atomic mass is 10.6. The van der Waals surface area contributed by atoms with Crippen molar-refractivity contribution in [3.8, 4) is 0 Å². The van der Waals surface area contributed by atoms with Gasteiger partial charge in [-0.1, -0.05) is 12.2 Å². The molecule has 2 N–H and O–H groups in total. The van der Waals surface area contributed by atoms with Crippen molar-refractivity contribution >= 4 is 0 Å². The molecule has 1 heteroatoms. The zero-order valence-electron chi connectivity index (χ0n) is 3.65. The maximum Gasteiger partial charge on any atom is -0.0470 e. The van der Waals surface area contributed by atoms with Gasteiger partial charge in [0.15, 0.2) is 0 Å². The molecule has 0 spiro atoms. The maximum atomic E-state index is 2.00. The van der Waals surface area contributed by atoms with Gasteiger partial charge in [0.05, 0.1) is 0 Å². The maximum absolute atomic E-state index is 2.00. The second kappa shape index (κ2) is 9.33. The first kappa shape index (κ1) is 8.83. The summed E-state index contributed by atoms with van der Waals surface area (Å²) in [6.07, 6.45) is 4.00. The standard InChI is InChI=1S/C4H8.H2O/c1-3-4-2;/h3-4H,1-2H3;1H2. The van der Waals surface area contributed by atoms with Gasteiger partial charge in [0, 0.05) is 0 Å². The fourth-order valence-electron chi connectivity index (χ4n) is 0. The molecular formula is C4H10O. The summed E-state index contributed by atoms with van der Waals surface area (Å²) in [6, 6.07) is 0. The molecule has 0 amide bonds. The molecule has 5 heavy (non-hydrogen) atoms. The van der Waals surface area contributed by atoms with Crippen LogP contribution in [0, 0.1) is 0 Å². The van der Waals surface area contributed by atoms with Crippen molar-refractivity contribution in [1.82, 2.24) is 0 Å². The molecule has 0 aromatic heterocycles. The van der Waals surface area contributed by atoms with E-state index in [2.05, 4.69) is 0 Å². The van der Waals surface area contributed by atoms with E-state index >= 15 is 0 Å². The number of hydrogen-bond donors (Lipinski definition) is 0. The van der Waals surface area contributed by atoms with Crippen LogP contribution in [0.4, 0.5) is 0 Å². The fourth-order valence-corrected chi connectivity index (χ4v) is 0. The third kappa shape index (κ3) is 21.8. The Labute approximate surface area is 32.6 Å². The van der Waals surface area contributed by atoms with E-state index in [9.17, 15) is 0 Å². The molecule has 0 saturated heterocycles. The average molecular weight is 74.1 g/mol. The van der Waals surface area contributed by atoms with Crippen LogP contribution < -0.4 is 0 Å². The molecule has 0 radical (unpaired) electrons. The van der Waals surface area contributed by atoms with Gasteiger partial charge < -0.3 is 5.48 Å². The van der Waals surface area contributed by atoms with Crippen molar-refractivity contribution < 1.29 is 5.48 Å². The summed E-state index contributed by atoms with van der Waals surface area (Å²) >= 11 is 0. The Morgan fingerprint density at radius 2 is 1.20 bits per heavy atom. The van der Waals surface area contributed by atoms with Crippen molar-refractivity contribution in [2.24, 2.45) is 0 Å². The van der Waals surface area contributed by atoms with Crippen LogP contribution in [0.3, 0.4) is 0 Å². The molecule has 0 aliphatic carbocycles. The normalized spacial score (nSPS) is 7.60. The summed E-state index contributed by atoms with van der Waals surface area (Å²) in [5.74, 6) is 0. The Morgan fingerprint density at radius 3 is 1.20 bits per heavy atom. The Kier molecular flexibility index (Phi) is 16.5. The zero-order valence-corrected chi connectivity index (χ0v) is 3.65. The summed E-state index contributed by atoms with van der Waals surface area (Å²) in [5, 5.41) is 0. The van der Waals surface area contributed by atoms with Gasteiger partial charge in [-0.2, -0.15) is 0 Å². The number of allylic oxidation sites excluding steroid dienone is 2. The van der Waals surface area contributed by atoms with Crippen LogP contribution in [-0.4, -0.2) is 5.48 Å². The quantitative estimate of drug-likeness (QED) is 0.380. The summed E-state index contributed by atoms with van der Waals surface area (Å²) in [5.41, 5.74) is 0. The van der Waals surface area contributed by atoms with Crippen LogP contribution in [0.1, 0.15) is 13.8 Å². The van der Waals surface area contributed by atoms with Crippen LogP contribution in [0.5, 0.6) is 0 Å². The smallest absolute Gasteiger partial charge is 0.0470 e. The third-order valence-electron chi connectivity index (χ3n) is 0.333. The monoisotopic (exact) mass is 74.1 g/mol. The highest BCUT2D eigenvalue weighted by Gasteiger charge is 1.34. The molecule has 0 saturated carbocycles. The van der Waals surface area contributed by atoms with E-state index < -0.39 is 0 Å². The summed E-state index contributed by atoms with van der Waals surface area (Å²) in [6.45, 7) is 4.00. The molecule has 0 aromatic rings. The summed E-state index contributed by atoms with van der Waals surface area (Å²) in [7, 11) is 0. The van der Waals surface area contributed by atoms with Crippen LogP contribution in [0.15, 0.2) is 12.2 Å². The first-order valence-corrected chi connectivity index (χ1v) is 1.49. The second-order valence-electron chi connectivity index (χ2n) is 0.667. The molecule has 0 bridgehead atoms. The molecular weight excluding hydrogens is 64.0 g/mol. The van der Waals surface area contributed by atoms with Gasteiger partial charge in [0.2, 0.25) is 0 Å². The third-order valence-corrected chi connectivity index (χ3v) is 0.333. The molecule has 0 heterocycles. The van der Waals surface area contributed by atoms with Gasteiger partial charge in [0.25, 0.3) is 0 Å². The Balaban J connectivity index is 0. The van der Waals surface area contributed by atoms with Gasteiger partial charge in [0.1, 0.15) is 0 Å². The van der Waals surface area contributed by atoms with Gasteiger partial charge in [-0.25, -0.2) is 0 Å². The molecule has 0 aromatic carbocycles. The molecule has 0 rings (SSSR count). The average Bonchev–Trinajstić information content (AvgIpc) is 1.37. The summed E-state index contributed by atoms with van der Waals surface area (Å²) in [4.78, 5) is 0. The van der Waals surface area contributed by atoms with Gasteiger partial charge in [-0.3, -0.25) is 0 Å². The van der Waals surface area contributed by atoms with E-state index in [0.717, 1.165) is 0 Å². The lowest BCUT2D eigenvalue weighted by molar-refractivity contribution is 0.824.